The first kappa shape index (κ1) is 6.12. The molecule has 1 saturated heterocycles. The summed E-state index contributed by atoms with van der Waals surface area (Å²) in [6, 6.07) is 0. The molecule has 0 aromatic carbocycles. The molecular weight excluding hydrogens is 190 g/mol. The van der Waals surface area contributed by atoms with Crippen LogP contribution in [0.2, 0.25) is 0 Å². The van der Waals surface area contributed by atoms with Crippen LogP contribution in [0.1, 0.15) is 0 Å². The summed E-state index contributed by atoms with van der Waals surface area (Å²) in [4.78, 5) is 0. The minimum Gasteiger partial charge on any atom is -0.0891 e. The summed E-state index contributed by atoms with van der Waals surface area (Å²) >= 11 is 11.9. The maximum absolute atomic E-state index is 4.97. The van der Waals surface area contributed by atoms with Crippen LogP contribution >= 0.6 is 25.0 Å². The minimum absolute atomic E-state index is 0.796. The van der Waals surface area contributed by atoms with Gasteiger partial charge in [0.1, 0.15) is 0 Å². The predicted octanol–water partition coefficient (Wildman–Crippen LogP) is 1.83. The molecule has 0 aromatic rings. The van der Waals surface area contributed by atoms with Gasteiger partial charge >= 0.3 is 0 Å². The predicted molar refractivity (Wildman–Crippen MR) is 46.3 cm³/mol. The highest BCUT2D eigenvalue weighted by Gasteiger charge is 2.12. The smallest absolute Gasteiger partial charge is 0.0175 e. The first-order valence-electron chi connectivity index (χ1n) is 1.15. The average Bonchev–Trinajstić information content (AvgIpc) is 1.32. The molecule has 0 aromatic heterocycles. The molecule has 1 rings (SSSR count). The van der Waals surface area contributed by atoms with Crippen LogP contribution in [0.25, 0.3) is 0 Å². The third-order valence-electron chi connectivity index (χ3n) is 0.303. The van der Waals surface area contributed by atoms with Gasteiger partial charge in [-0.1, -0.05) is 11.0 Å². The van der Waals surface area contributed by atoms with Gasteiger partial charge in [-0.05, 0) is 28.8 Å². The molecule has 1 fully saturated rings. The second-order valence-electron chi connectivity index (χ2n) is 0.772. The largest absolute Gasteiger partial charge is 0.0891 e. The molecule has 2 unspecified atom stereocenters. The summed E-state index contributed by atoms with van der Waals surface area (Å²) in [6.45, 7) is 1.78. The van der Waals surface area contributed by atoms with E-state index in [4.69, 9.17) is 22.4 Å². The van der Waals surface area contributed by atoms with Gasteiger partial charge in [0.15, 0.2) is 0 Å². The molecule has 0 aliphatic carbocycles. The Hall–Kier alpha value is 2.00. The van der Waals surface area contributed by atoms with Crippen LogP contribution in [-0.4, -0.2) is 0 Å². The molecule has 0 nitrogen and oxygen atoms in total. The number of hydrogen-bond donors (Lipinski definition) is 0. The lowest BCUT2D eigenvalue weighted by atomic mass is 29.4. The van der Waals surface area contributed by atoms with E-state index in [1.54, 1.807) is 0 Å². The first-order valence-corrected chi connectivity index (χ1v) is 10.3. The van der Waals surface area contributed by atoms with Crippen molar-refractivity contribution in [1.29, 1.82) is 0 Å². The molecular formula is H2P2S4. The summed E-state index contributed by atoms with van der Waals surface area (Å²) in [6.07, 6.45) is -0.796. The molecule has 1 aliphatic heterocycles. The second-order valence-corrected chi connectivity index (χ2v) is 20.8. The molecule has 0 saturated carbocycles. The highest BCUT2D eigenvalue weighted by Crippen LogP contribution is 2.70. The molecule has 6 heavy (non-hydrogen) atoms. The molecule has 1 aliphatic rings. The second kappa shape index (κ2) is 2.08. The van der Waals surface area contributed by atoms with Gasteiger partial charge in [-0.2, -0.15) is 0 Å². The SMILES string of the molecule is S=S1(=S)PSP1. The molecule has 0 radical (unpaired) electrons. The highest BCUT2D eigenvalue weighted by atomic mass is 33.8. The molecule has 0 amide bonds. The maximum Gasteiger partial charge on any atom is 0.0175 e. The third kappa shape index (κ3) is 1.50. The Morgan fingerprint density at radius 1 is 1.33 bits per heavy atom. The molecule has 36 valence electrons. The van der Waals surface area contributed by atoms with Crippen molar-refractivity contribution >= 4 is 53.7 Å². The van der Waals surface area contributed by atoms with Crippen molar-refractivity contribution in [3.63, 3.8) is 0 Å². The van der Waals surface area contributed by atoms with Gasteiger partial charge in [-0.25, -0.2) is 0 Å². The van der Waals surface area contributed by atoms with Crippen LogP contribution in [0.5, 0.6) is 0 Å². The molecule has 6 heteroatoms. The van der Waals surface area contributed by atoms with Crippen LogP contribution in [0, 0.1) is 0 Å². The van der Waals surface area contributed by atoms with Gasteiger partial charge in [-0.15, -0.1) is 0 Å². The fourth-order valence-electron chi connectivity index (χ4n) is 0.110. The van der Waals surface area contributed by atoms with Crippen molar-refractivity contribution in [3.05, 3.63) is 0 Å². The molecule has 0 N–H and O–H groups in total. The van der Waals surface area contributed by atoms with Gasteiger partial charge in [0.05, 0.1) is 0 Å². The normalized spacial score (nSPS) is 36.7. The van der Waals surface area contributed by atoms with E-state index < -0.39 is 6.39 Å². The van der Waals surface area contributed by atoms with Crippen molar-refractivity contribution in [1.82, 2.24) is 0 Å². The Bertz CT molecular complexity index is 120. The first-order chi connectivity index (χ1) is 2.71. The quantitative estimate of drug-likeness (QED) is 0.537. The fourth-order valence-corrected chi connectivity index (χ4v) is 19.9. The Morgan fingerprint density at radius 3 is 1.67 bits per heavy atom. The Morgan fingerprint density at radius 2 is 1.67 bits per heavy atom. The lowest BCUT2D eigenvalue weighted by Crippen LogP contribution is -1.73. The van der Waals surface area contributed by atoms with Gasteiger partial charge in [0.25, 0.3) is 0 Å². The maximum atomic E-state index is 4.97. The Kier molecular flexibility index (Phi) is 2.13. The van der Waals surface area contributed by atoms with E-state index in [1.165, 1.54) is 0 Å². The van der Waals surface area contributed by atoms with Gasteiger partial charge < -0.3 is 0 Å². The van der Waals surface area contributed by atoms with Gasteiger partial charge in [0.2, 0.25) is 0 Å². The standard InChI is InChI=1S/H2P2S4/c3-6(4)1-5-2-6/h1-2H. The minimum atomic E-state index is -0.796. The van der Waals surface area contributed by atoms with E-state index in [-0.39, 0.29) is 0 Å². The van der Waals surface area contributed by atoms with Gasteiger partial charge in [-0.3, -0.25) is 0 Å². The van der Waals surface area contributed by atoms with Crippen LogP contribution in [0.4, 0.5) is 0 Å². The van der Waals surface area contributed by atoms with Crippen LogP contribution in [-0.2, 0) is 28.8 Å². The monoisotopic (exact) mass is 192 g/mol. The van der Waals surface area contributed by atoms with Crippen molar-refractivity contribution in [2.24, 2.45) is 0 Å². The lowest BCUT2D eigenvalue weighted by Gasteiger charge is -2.16. The third-order valence-corrected chi connectivity index (χ3v) is 24.5. The molecule has 1 heterocycles. The van der Waals surface area contributed by atoms with Crippen molar-refractivity contribution < 1.29 is 0 Å². The summed E-state index contributed by atoms with van der Waals surface area (Å²) in [5, 5.41) is 0. The van der Waals surface area contributed by atoms with E-state index >= 15 is 0 Å². The molecule has 0 bridgehead atoms. The van der Waals surface area contributed by atoms with Crippen LogP contribution in [0.15, 0.2) is 0 Å². The van der Waals surface area contributed by atoms with Crippen LogP contribution < -0.4 is 0 Å². The van der Waals surface area contributed by atoms with E-state index in [1.807, 2.05) is 11.0 Å². The number of hydrogen-bond acceptors (Lipinski definition) is 3. The van der Waals surface area contributed by atoms with Crippen LogP contribution in [0.3, 0.4) is 0 Å². The lowest BCUT2D eigenvalue weighted by molar-refractivity contribution is 5.06. The zero-order chi connectivity index (χ0) is 4.62. The van der Waals surface area contributed by atoms with Gasteiger partial charge in [0, 0.05) is 14.0 Å². The van der Waals surface area contributed by atoms with Crippen molar-refractivity contribution in [2.45, 2.75) is 0 Å². The Labute approximate surface area is 53.6 Å². The topological polar surface area (TPSA) is 0 Å². The average molecular weight is 192 g/mol. The summed E-state index contributed by atoms with van der Waals surface area (Å²) in [5.74, 6) is 0. The van der Waals surface area contributed by atoms with E-state index in [9.17, 15) is 0 Å². The summed E-state index contributed by atoms with van der Waals surface area (Å²) < 4.78 is 0. The molecule has 0 spiro atoms. The summed E-state index contributed by atoms with van der Waals surface area (Å²) in [7, 11) is 0. The Balaban J connectivity index is 2.78. The van der Waals surface area contributed by atoms with E-state index in [0.717, 1.165) is 14.0 Å². The van der Waals surface area contributed by atoms with E-state index in [0.29, 0.717) is 0 Å². The van der Waals surface area contributed by atoms with Crippen molar-refractivity contribution in [3.8, 4) is 0 Å². The molecule has 2 atom stereocenters. The number of rotatable bonds is 0. The highest BCUT2D eigenvalue weighted by molar-refractivity contribution is 9.37. The zero-order valence-electron chi connectivity index (χ0n) is 2.63. The summed E-state index contributed by atoms with van der Waals surface area (Å²) in [5.41, 5.74) is 0. The van der Waals surface area contributed by atoms with Crippen molar-refractivity contribution in [2.75, 3.05) is 0 Å². The zero-order valence-corrected chi connectivity index (χ0v) is 7.90. The van der Waals surface area contributed by atoms with E-state index in [2.05, 4.69) is 0 Å². The fraction of sp³-hybridized carbons (Fsp3) is 0.